The lowest BCUT2D eigenvalue weighted by molar-refractivity contribution is 0.264. The van der Waals surface area contributed by atoms with Crippen molar-refractivity contribution in [3.05, 3.63) is 65.2 Å². The first-order valence-corrected chi connectivity index (χ1v) is 7.24. The Balaban J connectivity index is 2.14. The van der Waals surface area contributed by atoms with E-state index in [1.54, 1.807) is 19.2 Å². The molecule has 1 unspecified atom stereocenters. The van der Waals surface area contributed by atoms with Crippen LogP contribution in [0.5, 0.6) is 5.75 Å². The van der Waals surface area contributed by atoms with E-state index in [1.807, 2.05) is 36.4 Å². The van der Waals surface area contributed by atoms with Crippen molar-refractivity contribution >= 4 is 0 Å². The molecule has 2 aromatic carbocycles. The SMILES string of the molecule is COc1ccc(C#N)cc1CNC(CCO)c1ccccc1. The number of aliphatic hydroxyl groups is 1. The summed E-state index contributed by atoms with van der Waals surface area (Å²) in [5.41, 5.74) is 2.67. The molecular weight excluding hydrogens is 276 g/mol. The second-order valence-electron chi connectivity index (χ2n) is 4.99. The largest absolute Gasteiger partial charge is 0.496 e. The van der Waals surface area contributed by atoms with Gasteiger partial charge in [-0.1, -0.05) is 30.3 Å². The van der Waals surface area contributed by atoms with Gasteiger partial charge in [0.2, 0.25) is 0 Å². The van der Waals surface area contributed by atoms with E-state index in [0.29, 0.717) is 18.5 Å². The molecule has 0 bridgehead atoms. The number of nitrogens with zero attached hydrogens (tertiary/aromatic N) is 1. The van der Waals surface area contributed by atoms with Crippen LogP contribution in [-0.4, -0.2) is 18.8 Å². The molecule has 1 atom stereocenters. The predicted molar refractivity (Wildman–Crippen MR) is 85.4 cm³/mol. The van der Waals surface area contributed by atoms with Crippen LogP contribution >= 0.6 is 0 Å². The number of nitriles is 1. The zero-order chi connectivity index (χ0) is 15.8. The molecule has 0 aliphatic carbocycles. The highest BCUT2D eigenvalue weighted by molar-refractivity contribution is 5.42. The van der Waals surface area contributed by atoms with Gasteiger partial charge in [0.15, 0.2) is 0 Å². The smallest absolute Gasteiger partial charge is 0.123 e. The molecule has 0 aliphatic heterocycles. The third kappa shape index (κ3) is 4.08. The Kier molecular flexibility index (Phi) is 5.96. The van der Waals surface area contributed by atoms with E-state index in [2.05, 4.69) is 11.4 Å². The fourth-order valence-electron chi connectivity index (χ4n) is 2.42. The molecule has 0 aromatic heterocycles. The molecule has 0 radical (unpaired) electrons. The maximum atomic E-state index is 9.27. The summed E-state index contributed by atoms with van der Waals surface area (Å²) in [6, 6.07) is 17.6. The van der Waals surface area contributed by atoms with Crippen molar-refractivity contribution in [2.45, 2.75) is 19.0 Å². The zero-order valence-electron chi connectivity index (χ0n) is 12.6. The number of methoxy groups -OCH3 is 1. The summed E-state index contributed by atoms with van der Waals surface area (Å²) in [6.07, 6.45) is 0.629. The summed E-state index contributed by atoms with van der Waals surface area (Å²) in [5.74, 6) is 0.752. The molecule has 2 rings (SSSR count). The zero-order valence-corrected chi connectivity index (χ0v) is 12.6. The van der Waals surface area contributed by atoms with Gasteiger partial charge < -0.3 is 15.2 Å². The third-order valence-electron chi connectivity index (χ3n) is 3.57. The second-order valence-corrected chi connectivity index (χ2v) is 4.99. The van der Waals surface area contributed by atoms with Crippen molar-refractivity contribution in [3.8, 4) is 11.8 Å². The van der Waals surface area contributed by atoms with Crippen LogP contribution in [0.25, 0.3) is 0 Å². The number of hydrogen-bond acceptors (Lipinski definition) is 4. The van der Waals surface area contributed by atoms with Crippen LogP contribution < -0.4 is 10.1 Å². The lowest BCUT2D eigenvalue weighted by Gasteiger charge is -2.19. The molecule has 0 saturated carbocycles. The average Bonchev–Trinajstić information content (AvgIpc) is 2.59. The predicted octanol–water partition coefficient (Wildman–Crippen LogP) is 2.78. The van der Waals surface area contributed by atoms with Crippen LogP contribution in [0.2, 0.25) is 0 Å². The number of rotatable bonds is 7. The number of hydrogen-bond donors (Lipinski definition) is 2. The Morgan fingerprint density at radius 2 is 2.00 bits per heavy atom. The average molecular weight is 296 g/mol. The Morgan fingerprint density at radius 3 is 2.64 bits per heavy atom. The molecule has 0 fully saturated rings. The molecular formula is C18H20N2O2. The normalized spacial score (nSPS) is 11.7. The third-order valence-corrected chi connectivity index (χ3v) is 3.57. The van der Waals surface area contributed by atoms with Gasteiger partial charge in [-0.3, -0.25) is 0 Å². The number of benzene rings is 2. The Morgan fingerprint density at radius 1 is 1.23 bits per heavy atom. The summed E-state index contributed by atoms with van der Waals surface area (Å²) in [7, 11) is 1.62. The van der Waals surface area contributed by atoms with E-state index in [0.717, 1.165) is 16.9 Å². The molecule has 2 aromatic rings. The van der Waals surface area contributed by atoms with Gasteiger partial charge in [-0.2, -0.15) is 5.26 Å². The standard InChI is InChI=1S/C18H20N2O2/c1-22-18-8-7-14(12-19)11-16(18)13-20-17(9-10-21)15-5-3-2-4-6-15/h2-8,11,17,20-21H,9-10,13H2,1H3. The van der Waals surface area contributed by atoms with E-state index in [4.69, 9.17) is 10.00 Å². The van der Waals surface area contributed by atoms with Crippen molar-refractivity contribution in [3.63, 3.8) is 0 Å². The Bertz CT molecular complexity index is 635. The lowest BCUT2D eigenvalue weighted by atomic mass is 10.0. The van der Waals surface area contributed by atoms with Crippen LogP contribution in [0.1, 0.15) is 29.2 Å². The first-order chi connectivity index (χ1) is 10.8. The van der Waals surface area contributed by atoms with Gasteiger partial charge >= 0.3 is 0 Å². The van der Waals surface area contributed by atoms with Crippen molar-refractivity contribution in [2.24, 2.45) is 0 Å². The molecule has 0 spiro atoms. The first-order valence-electron chi connectivity index (χ1n) is 7.24. The van der Waals surface area contributed by atoms with E-state index in [1.165, 1.54) is 0 Å². The minimum absolute atomic E-state index is 0.0571. The molecule has 2 N–H and O–H groups in total. The highest BCUT2D eigenvalue weighted by Crippen LogP contribution is 2.22. The first kappa shape index (κ1) is 16.0. The molecule has 4 nitrogen and oxygen atoms in total. The van der Waals surface area contributed by atoms with Gasteiger partial charge in [-0.15, -0.1) is 0 Å². The number of ether oxygens (including phenoxy) is 1. The summed E-state index contributed by atoms with van der Waals surface area (Å²) >= 11 is 0. The van der Waals surface area contributed by atoms with E-state index < -0.39 is 0 Å². The Labute approximate surface area is 131 Å². The summed E-state index contributed by atoms with van der Waals surface area (Å²) in [6.45, 7) is 0.681. The number of nitrogens with one attached hydrogen (secondary N) is 1. The van der Waals surface area contributed by atoms with Gasteiger partial charge in [-0.25, -0.2) is 0 Å². The van der Waals surface area contributed by atoms with Gasteiger partial charge in [0, 0.05) is 24.8 Å². The molecule has 0 amide bonds. The maximum absolute atomic E-state index is 9.27. The van der Waals surface area contributed by atoms with Crippen LogP contribution in [0.4, 0.5) is 0 Å². The van der Waals surface area contributed by atoms with Crippen molar-refractivity contribution < 1.29 is 9.84 Å². The summed E-state index contributed by atoms with van der Waals surface area (Å²) in [5, 5.41) is 21.7. The molecule has 4 heteroatoms. The van der Waals surface area contributed by atoms with E-state index >= 15 is 0 Å². The maximum Gasteiger partial charge on any atom is 0.123 e. The number of aliphatic hydroxyl groups excluding tert-OH is 1. The Hall–Kier alpha value is -2.35. The minimum atomic E-state index is 0.0571. The van der Waals surface area contributed by atoms with Crippen molar-refractivity contribution in [1.82, 2.24) is 5.32 Å². The summed E-state index contributed by atoms with van der Waals surface area (Å²) in [4.78, 5) is 0. The van der Waals surface area contributed by atoms with Crippen LogP contribution in [0, 0.1) is 11.3 Å². The lowest BCUT2D eigenvalue weighted by Crippen LogP contribution is -2.22. The van der Waals surface area contributed by atoms with Gasteiger partial charge in [0.25, 0.3) is 0 Å². The van der Waals surface area contributed by atoms with Crippen molar-refractivity contribution in [1.29, 1.82) is 5.26 Å². The highest BCUT2D eigenvalue weighted by atomic mass is 16.5. The van der Waals surface area contributed by atoms with Gasteiger partial charge in [-0.05, 0) is 30.2 Å². The summed E-state index contributed by atoms with van der Waals surface area (Å²) < 4.78 is 5.34. The van der Waals surface area contributed by atoms with Crippen LogP contribution in [0.15, 0.2) is 48.5 Å². The second kappa shape index (κ2) is 8.18. The van der Waals surface area contributed by atoms with Gasteiger partial charge in [0.05, 0.1) is 18.7 Å². The van der Waals surface area contributed by atoms with E-state index in [9.17, 15) is 5.11 Å². The minimum Gasteiger partial charge on any atom is -0.496 e. The fraction of sp³-hybridized carbons (Fsp3) is 0.278. The highest BCUT2D eigenvalue weighted by Gasteiger charge is 2.12. The molecule has 0 saturated heterocycles. The van der Waals surface area contributed by atoms with Crippen LogP contribution in [-0.2, 0) is 6.54 Å². The molecule has 0 aliphatic rings. The monoisotopic (exact) mass is 296 g/mol. The molecule has 114 valence electrons. The quantitative estimate of drug-likeness (QED) is 0.824. The van der Waals surface area contributed by atoms with Gasteiger partial charge in [0.1, 0.15) is 5.75 Å². The van der Waals surface area contributed by atoms with Crippen molar-refractivity contribution in [2.75, 3.05) is 13.7 Å². The molecule has 0 heterocycles. The van der Waals surface area contributed by atoms with E-state index in [-0.39, 0.29) is 12.6 Å². The topological polar surface area (TPSA) is 65.3 Å². The fourth-order valence-corrected chi connectivity index (χ4v) is 2.42. The van der Waals surface area contributed by atoms with Crippen LogP contribution in [0.3, 0.4) is 0 Å². The molecule has 22 heavy (non-hydrogen) atoms.